The number of imide groups is 1. The van der Waals surface area contributed by atoms with E-state index in [0.717, 1.165) is 10.5 Å². The standard InChI is InChI=1S/C28H21NO6/c1-15-10-12-16(13-11-15)23-21-22(27(33)29(26(21)32)17-6-5-7-18(14-17)34-2)28(35-23)24(30)19-8-3-4-9-20(19)25(28)31/h3-14,21-23H,1-2H3/t21-,22-,23+/m0/s1. The molecule has 2 amide bonds. The summed E-state index contributed by atoms with van der Waals surface area (Å²) < 4.78 is 11.6. The summed E-state index contributed by atoms with van der Waals surface area (Å²) >= 11 is 0. The molecule has 3 atom stereocenters. The molecular formula is C28H21NO6. The molecule has 6 rings (SSSR count). The summed E-state index contributed by atoms with van der Waals surface area (Å²) in [6.07, 6.45) is -0.935. The largest absolute Gasteiger partial charge is 0.497 e. The molecule has 0 N–H and O–H groups in total. The third kappa shape index (κ3) is 2.76. The Morgan fingerprint density at radius 3 is 2.11 bits per heavy atom. The van der Waals surface area contributed by atoms with Crippen LogP contribution < -0.4 is 9.64 Å². The van der Waals surface area contributed by atoms with E-state index in [1.165, 1.54) is 7.11 Å². The molecule has 3 aliphatic rings. The Morgan fingerprint density at radius 2 is 1.49 bits per heavy atom. The van der Waals surface area contributed by atoms with Gasteiger partial charge < -0.3 is 9.47 Å². The Morgan fingerprint density at radius 1 is 0.829 bits per heavy atom. The SMILES string of the molecule is COc1cccc(N2C(=O)[C@@H]3[C@@H](c4ccc(C)cc4)OC4(C(=O)c5ccccc5C4=O)[C@@H]3C2=O)c1. The number of ketones is 2. The van der Waals surface area contributed by atoms with Gasteiger partial charge >= 0.3 is 0 Å². The number of aryl methyl sites for hydroxylation is 1. The number of ether oxygens (including phenoxy) is 2. The fourth-order valence-electron chi connectivity index (χ4n) is 5.58. The molecule has 0 unspecified atom stereocenters. The third-order valence-electron chi connectivity index (χ3n) is 7.24. The van der Waals surface area contributed by atoms with Crippen molar-refractivity contribution >= 4 is 29.1 Å². The first-order valence-electron chi connectivity index (χ1n) is 11.3. The highest BCUT2D eigenvalue weighted by molar-refractivity contribution is 6.37. The minimum absolute atomic E-state index is 0.209. The Balaban J connectivity index is 1.54. The molecule has 1 aliphatic carbocycles. The van der Waals surface area contributed by atoms with Crippen LogP contribution >= 0.6 is 0 Å². The van der Waals surface area contributed by atoms with Crippen LogP contribution in [-0.4, -0.2) is 36.1 Å². The topological polar surface area (TPSA) is 90.0 Å². The summed E-state index contributed by atoms with van der Waals surface area (Å²) in [5.74, 6) is -4.11. The zero-order chi connectivity index (χ0) is 24.5. The molecule has 2 heterocycles. The van der Waals surface area contributed by atoms with E-state index in [-0.39, 0.29) is 11.1 Å². The van der Waals surface area contributed by atoms with Gasteiger partial charge in [-0.2, -0.15) is 0 Å². The normalized spacial score (nSPS) is 24.3. The molecule has 0 aromatic heterocycles. The van der Waals surface area contributed by atoms with Crippen molar-refractivity contribution < 1.29 is 28.7 Å². The molecule has 3 aromatic carbocycles. The van der Waals surface area contributed by atoms with Crippen LogP contribution in [0, 0.1) is 18.8 Å². The second-order valence-corrected chi connectivity index (χ2v) is 9.11. The second kappa shape index (κ2) is 7.45. The highest BCUT2D eigenvalue weighted by atomic mass is 16.5. The van der Waals surface area contributed by atoms with Crippen molar-refractivity contribution in [1.29, 1.82) is 0 Å². The first kappa shape index (κ1) is 21.4. The minimum Gasteiger partial charge on any atom is -0.497 e. The fraction of sp³-hybridized carbons (Fsp3) is 0.214. The quantitative estimate of drug-likeness (QED) is 0.431. The van der Waals surface area contributed by atoms with Crippen LogP contribution in [0.4, 0.5) is 5.69 Å². The zero-order valence-corrected chi connectivity index (χ0v) is 19.1. The monoisotopic (exact) mass is 467 g/mol. The fourth-order valence-corrected chi connectivity index (χ4v) is 5.58. The molecular weight excluding hydrogens is 446 g/mol. The lowest BCUT2D eigenvalue weighted by Crippen LogP contribution is -2.51. The number of benzene rings is 3. The van der Waals surface area contributed by atoms with Crippen LogP contribution in [0.25, 0.3) is 0 Å². The predicted octanol–water partition coefficient (Wildman–Crippen LogP) is 3.70. The molecule has 7 nitrogen and oxygen atoms in total. The van der Waals surface area contributed by atoms with Gasteiger partial charge in [0.1, 0.15) is 5.75 Å². The first-order chi connectivity index (χ1) is 16.9. The lowest BCUT2D eigenvalue weighted by atomic mass is 9.77. The van der Waals surface area contributed by atoms with Crippen LogP contribution in [0.15, 0.2) is 72.8 Å². The minimum atomic E-state index is -2.08. The molecule has 174 valence electrons. The van der Waals surface area contributed by atoms with E-state index in [1.54, 1.807) is 60.7 Å². The summed E-state index contributed by atoms with van der Waals surface area (Å²) in [5, 5.41) is 0. The predicted molar refractivity (Wildman–Crippen MR) is 125 cm³/mol. The van der Waals surface area contributed by atoms with Crippen LogP contribution in [0.1, 0.15) is 37.9 Å². The molecule has 35 heavy (non-hydrogen) atoms. The van der Waals surface area contributed by atoms with Crippen molar-refractivity contribution in [3.63, 3.8) is 0 Å². The average Bonchev–Trinajstić information content (AvgIpc) is 3.44. The number of carbonyl (C=O) groups excluding carboxylic acids is 4. The maximum absolute atomic E-state index is 13.9. The van der Waals surface area contributed by atoms with E-state index in [0.29, 0.717) is 17.0 Å². The van der Waals surface area contributed by atoms with Crippen LogP contribution in [0.2, 0.25) is 0 Å². The first-order valence-corrected chi connectivity index (χ1v) is 11.3. The van der Waals surface area contributed by atoms with Gasteiger partial charge in [-0.15, -0.1) is 0 Å². The Bertz CT molecular complexity index is 1390. The number of fused-ring (bicyclic) bond motifs is 3. The number of nitrogens with zero attached hydrogens (tertiary/aromatic N) is 1. The second-order valence-electron chi connectivity index (χ2n) is 9.11. The van der Waals surface area contributed by atoms with Gasteiger partial charge in [-0.3, -0.25) is 19.2 Å². The van der Waals surface area contributed by atoms with E-state index in [1.807, 2.05) is 19.1 Å². The van der Waals surface area contributed by atoms with Gasteiger partial charge in [-0.05, 0) is 24.6 Å². The Kier molecular flexibility index (Phi) is 4.56. The van der Waals surface area contributed by atoms with Gasteiger partial charge in [0.15, 0.2) is 0 Å². The molecule has 0 radical (unpaired) electrons. The van der Waals surface area contributed by atoms with Gasteiger partial charge in [0.05, 0.1) is 30.7 Å². The number of amides is 2. The Labute approximate surface area is 201 Å². The number of methoxy groups -OCH3 is 1. The number of Topliss-reactive ketones (excluding diaryl/α,β-unsaturated/α-hetero) is 2. The highest BCUT2D eigenvalue weighted by Gasteiger charge is 2.74. The Hall–Kier alpha value is -4.10. The smallest absolute Gasteiger partial charge is 0.241 e. The number of hydrogen-bond donors (Lipinski definition) is 0. The van der Waals surface area contributed by atoms with E-state index < -0.39 is 46.9 Å². The van der Waals surface area contributed by atoms with Gasteiger partial charge in [0, 0.05) is 17.2 Å². The van der Waals surface area contributed by atoms with Crippen LogP contribution in [0.3, 0.4) is 0 Å². The van der Waals surface area contributed by atoms with E-state index in [2.05, 4.69) is 0 Å². The third-order valence-corrected chi connectivity index (χ3v) is 7.24. The molecule has 3 aromatic rings. The number of carbonyl (C=O) groups is 4. The summed E-state index contributed by atoms with van der Waals surface area (Å²) in [6, 6.07) is 20.4. The number of rotatable bonds is 3. The number of hydrogen-bond acceptors (Lipinski definition) is 6. The zero-order valence-electron chi connectivity index (χ0n) is 19.1. The molecule has 1 spiro atoms. The molecule has 2 saturated heterocycles. The summed E-state index contributed by atoms with van der Waals surface area (Å²) in [6.45, 7) is 1.93. The van der Waals surface area contributed by atoms with Gasteiger partial charge in [0.25, 0.3) is 0 Å². The number of anilines is 1. The van der Waals surface area contributed by atoms with Gasteiger partial charge in [-0.1, -0.05) is 60.2 Å². The van der Waals surface area contributed by atoms with Crippen LogP contribution in [0.5, 0.6) is 5.75 Å². The van der Waals surface area contributed by atoms with Gasteiger partial charge in [0.2, 0.25) is 29.0 Å². The van der Waals surface area contributed by atoms with Crippen molar-refractivity contribution in [3.8, 4) is 5.75 Å². The molecule has 7 heteroatoms. The molecule has 2 fully saturated rings. The molecule has 2 aliphatic heterocycles. The summed E-state index contributed by atoms with van der Waals surface area (Å²) in [7, 11) is 1.49. The van der Waals surface area contributed by atoms with E-state index in [9.17, 15) is 19.2 Å². The van der Waals surface area contributed by atoms with Crippen molar-refractivity contribution in [2.24, 2.45) is 11.8 Å². The summed E-state index contributed by atoms with van der Waals surface area (Å²) in [5.41, 5.74) is 0.297. The molecule has 0 bridgehead atoms. The molecule has 0 saturated carbocycles. The van der Waals surface area contributed by atoms with Crippen molar-refractivity contribution in [1.82, 2.24) is 0 Å². The van der Waals surface area contributed by atoms with Crippen molar-refractivity contribution in [2.45, 2.75) is 18.6 Å². The van der Waals surface area contributed by atoms with E-state index in [4.69, 9.17) is 9.47 Å². The summed E-state index contributed by atoms with van der Waals surface area (Å²) in [4.78, 5) is 56.3. The lowest BCUT2D eigenvalue weighted by Gasteiger charge is -2.27. The van der Waals surface area contributed by atoms with Crippen LogP contribution in [-0.2, 0) is 14.3 Å². The maximum Gasteiger partial charge on any atom is 0.241 e. The van der Waals surface area contributed by atoms with Gasteiger partial charge in [-0.25, -0.2) is 4.90 Å². The van der Waals surface area contributed by atoms with E-state index >= 15 is 0 Å². The highest BCUT2D eigenvalue weighted by Crippen LogP contribution is 2.57. The maximum atomic E-state index is 13.9. The lowest BCUT2D eigenvalue weighted by molar-refractivity contribution is -0.127. The van der Waals surface area contributed by atoms with Crippen molar-refractivity contribution in [2.75, 3.05) is 12.0 Å². The average molecular weight is 467 g/mol. The van der Waals surface area contributed by atoms with Crippen molar-refractivity contribution in [3.05, 3.63) is 95.1 Å².